The number of nitro groups is 1. The van der Waals surface area contributed by atoms with Crippen LogP contribution in [0.25, 0.3) is 10.9 Å². The number of para-hydroxylation sites is 2. The molecule has 3 rings (SSSR count). The molecule has 0 bridgehead atoms. The first kappa shape index (κ1) is 18.5. The average Bonchev–Trinajstić information content (AvgIpc) is 3.04. The molecule has 1 atom stereocenters. The van der Waals surface area contributed by atoms with Crippen LogP contribution in [0.5, 0.6) is 0 Å². The molecule has 1 unspecified atom stereocenters. The molecule has 140 valence electrons. The minimum absolute atomic E-state index is 0.188. The van der Waals surface area contributed by atoms with Gasteiger partial charge in [-0.15, -0.1) is 0 Å². The molecule has 0 aliphatic rings. The molecule has 0 amide bonds. The van der Waals surface area contributed by atoms with Crippen LogP contribution in [-0.4, -0.2) is 30.3 Å². The van der Waals surface area contributed by atoms with E-state index in [9.17, 15) is 28.4 Å². The summed E-state index contributed by atoms with van der Waals surface area (Å²) in [5.74, 6) is -1.64. The monoisotopic (exact) mass is 388 g/mol. The van der Waals surface area contributed by atoms with Gasteiger partial charge in [-0.25, -0.2) is 13.1 Å². The number of benzene rings is 2. The Bertz CT molecular complexity index is 1120. The molecule has 2 aromatic carbocycles. The number of hydrogen-bond donors (Lipinski definition) is 2. The van der Waals surface area contributed by atoms with E-state index in [0.29, 0.717) is 5.56 Å². The Kier molecular flexibility index (Phi) is 4.93. The van der Waals surface area contributed by atoms with Gasteiger partial charge >= 0.3 is 0 Å². The van der Waals surface area contributed by atoms with Gasteiger partial charge in [0, 0.05) is 23.2 Å². The fraction of sp³-hybridized carbons (Fsp3) is 0.118. The van der Waals surface area contributed by atoms with Crippen molar-refractivity contribution in [2.45, 2.75) is 17.4 Å². The van der Waals surface area contributed by atoms with Crippen LogP contribution in [0.3, 0.4) is 0 Å². The molecule has 0 aliphatic carbocycles. The first-order valence-electron chi connectivity index (χ1n) is 7.81. The van der Waals surface area contributed by atoms with Crippen LogP contribution in [0, 0.1) is 10.1 Å². The molecule has 0 saturated carbocycles. The number of carbonyl (C=O) groups excluding carboxylic acids is 1. The molecule has 2 N–H and O–H groups in total. The number of rotatable bonds is 7. The van der Waals surface area contributed by atoms with Crippen LogP contribution in [0.1, 0.15) is 5.56 Å². The van der Waals surface area contributed by atoms with E-state index in [-0.39, 0.29) is 6.42 Å². The van der Waals surface area contributed by atoms with Crippen LogP contribution in [0.2, 0.25) is 0 Å². The molecule has 0 saturated heterocycles. The predicted octanol–water partition coefficient (Wildman–Crippen LogP) is 0.716. The van der Waals surface area contributed by atoms with Crippen LogP contribution in [-0.2, 0) is 21.2 Å². The zero-order valence-electron chi connectivity index (χ0n) is 13.8. The summed E-state index contributed by atoms with van der Waals surface area (Å²) in [5, 5.41) is 23.3. The van der Waals surface area contributed by atoms with Gasteiger partial charge in [-0.2, -0.15) is 0 Å². The lowest BCUT2D eigenvalue weighted by atomic mass is 10.1. The fourth-order valence-corrected chi connectivity index (χ4v) is 4.14. The zero-order valence-corrected chi connectivity index (χ0v) is 14.6. The van der Waals surface area contributed by atoms with Crippen LogP contribution in [0.15, 0.2) is 59.6 Å². The maximum atomic E-state index is 12.5. The Hall–Kier alpha value is -3.24. The molecule has 0 spiro atoms. The third kappa shape index (κ3) is 3.81. The van der Waals surface area contributed by atoms with Gasteiger partial charge < -0.3 is 14.9 Å². The number of nitro benzene ring substituents is 1. The van der Waals surface area contributed by atoms with Gasteiger partial charge in [-0.3, -0.25) is 10.1 Å². The van der Waals surface area contributed by atoms with E-state index in [1.807, 2.05) is 4.72 Å². The van der Waals surface area contributed by atoms with Crippen molar-refractivity contribution in [3.63, 3.8) is 0 Å². The second-order valence-electron chi connectivity index (χ2n) is 5.78. The Morgan fingerprint density at radius 1 is 1.15 bits per heavy atom. The zero-order chi connectivity index (χ0) is 19.6. The van der Waals surface area contributed by atoms with Gasteiger partial charge in [0.15, 0.2) is 4.90 Å². The maximum Gasteiger partial charge on any atom is 0.289 e. The number of hydrogen-bond acceptors (Lipinski definition) is 6. The highest BCUT2D eigenvalue weighted by Gasteiger charge is 2.28. The van der Waals surface area contributed by atoms with Crippen molar-refractivity contribution in [1.29, 1.82) is 0 Å². The number of sulfonamides is 1. The van der Waals surface area contributed by atoms with Crippen LogP contribution >= 0.6 is 0 Å². The molecule has 1 heterocycles. The number of carbonyl (C=O) groups is 1. The summed E-state index contributed by atoms with van der Waals surface area (Å²) >= 11 is 0. The minimum atomic E-state index is -4.46. The molecule has 0 radical (unpaired) electrons. The van der Waals surface area contributed by atoms with Crippen molar-refractivity contribution in [2.75, 3.05) is 0 Å². The second kappa shape index (κ2) is 7.17. The SMILES string of the molecule is O=C([O-])C(Cc1c[nH]c2ccccc12)NS(=O)(=O)c1ccccc1[N+](=O)[O-]. The third-order valence-electron chi connectivity index (χ3n) is 4.03. The number of H-pyrrole nitrogens is 1. The molecule has 3 aromatic rings. The molecule has 9 nitrogen and oxygen atoms in total. The summed E-state index contributed by atoms with van der Waals surface area (Å²) in [6, 6.07) is 10.2. The summed E-state index contributed by atoms with van der Waals surface area (Å²) in [7, 11) is -4.46. The summed E-state index contributed by atoms with van der Waals surface area (Å²) in [6.45, 7) is 0. The highest BCUT2D eigenvalue weighted by Crippen LogP contribution is 2.24. The molecule has 0 fully saturated rings. The van der Waals surface area contributed by atoms with Gasteiger partial charge in [-0.05, 0) is 24.1 Å². The van der Waals surface area contributed by atoms with Crippen molar-refractivity contribution in [3.05, 3.63) is 70.4 Å². The Balaban J connectivity index is 1.93. The van der Waals surface area contributed by atoms with Crippen molar-refractivity contribution < 1.29 is 23.2 Å². The van der Waals surface area contributed by atoms with E-state index < -0.39 is 37.5 Å². The van der Waals surface area contributed by atoms with E-state index in [1.165, 1.54) is 12.1 Å². The van der Waals surface area contributed by atoms with Crippen LogP contribution in [0.4, 0.5) is 5.69 Å². The summed E-state index contributed by atoms with van der Waals surface area (Å²) < 4.78 is 27.1. The van der Waals surface area contributed by atoms with Crippen molar-refractivity contribution in [2.24, 2.45) is 0 Å². The summed E-state index contributed by atoms with van der Waals surface area (Å²) in [6.07, 6.45) is 1.39. The number of carboxylic acid groups (broad SMARTS) is 1. The van der Waals surface area contributed by atoms with Gasteiger partial charge in [0.25, 0.3) is 5.69 Å². The number of nitrogens with zero attached hydrogens (tertiary/aromatic N) is 1. The lowest BCUT2D eigenvalue weighted by Crippen LogP contribution is -2.49. The standard InChI is InChI=1S/C17H15N3O6S/c21-17(22)14(9-11-10-18-13-6-2-1-5-12(11)13)19-27(25,26)16-8-4-3-7-15(16)20(23)24/h1-8,10,14,18-19H,9H2,(H,21,22)/p-1. The lowest BCUT2D eigenvalue weighted by molar-refractivity contribution is -0.387. The Labute approximate surface area is 153 Å². The van der Waals surface area contributed by atoms with E-state index in [4.69, 9.17) is 0 Å². The summed E-state index contributed by atoms with van der Waals surface area (Å²) in [5.41, 5.74) is 0.699. The number of aromatic nitrogens is 1. The third-order valence-corrected chi connectivity index (χ3v) is 5.55. The predicted molar refractivity (Wildman–Crippen MR) is 94.2 cm³/mol. The van der Waals surface area contributed by atoms with Crippen molar-refractivity contribution in [3.8, 4) is 0 Å². The highest BCUT2D eigenvalue weighted by atomic mass is 32.2. The number of aliphatic carboxylic acids is 1. The molecule has 0 aliphatic heterocycles. The number of aromatic amines is 1. The highest BCUT2D eigenvalue weighted by molar-refractivity contribution is 7.89. The molecule has 1 aromatic heterocycles. The maximum absolute atomic E-state index is 12.5. The normalized spacial score (nSPS) is 12.7. The smallest absolute Gasteiger partial charge is 0.289 e. The van der Waals surface area contributed by atoms with Gasteiger partial charge in [0.2, 0.25) is 10.0 Å². The van der Waals surface area contributed by atoms with Gasteiger partial charge in [-0.1, -0.05) is 30.3 Å². The topological polar surface area (TPSA) is 145 Å². The van der Waals surface area contributed by atoms with Gasteiger partial charge in [0.05, 0.1) is 16.9 Å². The quantitative estimate of drug-likeness (QED) is 0.450. The number of carboxylic acids is 1. The average molecular weight is 388 g/mol. The second-order valence-corrected chi connectivity index (χ2v) is 7.46. The van der Waals surface area contributed by atoms with E-state index >= 15 is 0 Å². The first-order chi connectivity index (χ1) is 12.8. The van der Waals surface area contributed by atoms with Crippen molar-refractivity contribution >= 4 is 32.6 Å². The van der Waals surface area contributed by atoms with Crippen LogP contribution < -0.4 is 9.83 Å². The molecule has 10 heteroatoms. The van der Waals surface area contributed by atoms with Crippen molar-refractivity contribution in [1.82, 2.24) is 9.71 Å². The largest absolute Gasteiger partial charge is 0.548 e. The Morgan fingerprint density at radius 2 is 1.81 bits per heavy atom. The minimum Gasteiger partial charge on any atom is -0.548 e. The number of fused-ring (bicyclic) bond motifs is 1. The summed E-state index contributed by atoms with van der Waals surface area (Å²) in [4.78, 5) is 24.1. The van der Waals surface area contributed by atoms with E-state index in [2.05, 4.69) is 4.98 Å². The van der Waals surface area contributed by atoms with E-state index in [1.54, 1.807) is 30.5 Å². The molecular formula is C17H14N3O6S-. The first-order valence-corrected chi connectivity index (χ1v) is 9.29. The van der Waals surface area contributed by atoms with Gasteiger partial charge in [0.1, 0.15) is 0 Å². The molecular weight excluding hydrogens is 374 g/mol. The number of nitrogens with one attached hydrogen (secondary N) is 2. The fourth-order valence-electron chi connectivity index (χ4n) is 2.78. The lowest BCUT2D eigenvalue weighted by Gasteiger charge is -2.19. The molecule has 27 heavy (non-hydrogen) atoms. The Morgan fingerprint density at radius 3 is 2.52 bits per heavy atom. The van der Waals surface area contributed by atoms with E-state index in [0.717, 1.165) is 23.0 Å².